The molecule has 0 aromatic heterocycles. The Kier molecular flexibility index (Phi) is 2.29. The van der Waals surface area contributed by atoms with Crippen LogP contribution in [0.5, 0.6) is 0 Å². The molecule has 0 radical (unpaired) electrons. The van der Waals surface area contributed by atoms with Gasteiger partial charge >= 0.3 is 6.03 Å². The summed E-state index contributed by atoms with van der Waals surface area (Å²) in [5.41, 5.74) is 5.47. The van der Waals surface area contributed by atoms with Gasteiger partial charge in [-0.3, -0.25) is 0 Å². The van der Waals surface area contributed by atoms with Crippen molar-refractivity contribution < 1.29 is 4.79 Å². The second-order valence-electron chi connectivity index (χ2n) is 4.60. The number of aliphatic imine (C=N–C) groups is 1. The van der Waals surface area contributed by atoms with Crippen molar-refractivity contribution in [3.63, 3.8) is 0 Å². The second-order valence-corrected chi connectivity index (χ2v) is 4.60. The normalized spacial score (nSPS) is 30.6. The Morgan fingerprint density at radius 3 is 2.93 bits per heavy atom. The third kappa shape index (κ3) is 1.64. The van der Waals surface area contributed by atoms with Crippen LogP contribution < -0.4 is 5.73 Å². The lowest BCUT2D eigenvalue weighted by Gasteiger charge is -2.34. The molecule has 0 aromatic rings. The van der Waals surface area contributed by atoms with Gasteiger partial charge in [-0.2, -0.15) is 4.99 Å². The lowest BCUT2D eigenvalue weighted by Crippen LogP contribution is -2.52. The molecule has 2 amide bonds. The van der Waals surface area contributed by atoms with Gasteiger partial charge in [-0.1, -0.05) is 18.9 Å². The van der Waals surface area contributed by atoms with E-state index in [0.29, 0.717) is 18.3 Å². The van der Waals surface area contributed by atoms with Crippen molar-refractivity contribution in [2.45, 2.75) is 31.7 Å². The maximum Gasteiger partial charge on any atom is 0.346 e. The first-order valence-corrected chi connectivity index (χ1v) is 5.35. The maximum atomic E-state index is 11.6. The van der Waals surface area contributed by atoms with Crippen LogP contribution in [0.15, 0.2) is 17.6 Å². The summed E-state index contributed by atoms with van der Waals surface area (Å²) in [7, 11) is 0. The minimum Gasteiger partial charge on any atom is -0.385 e. The van der Waals surface area contributed by atoms with Gasteiger partial charge in [0.2, 0.25) is 0 Å². The lowest BCUT2D eigenvalue weighted by molar-refractivity contribution is 0.180. The van der Waals surface area contributed by atoms with Crippen molar-refractivity contribution in [3.05, 3.63) is 12.7 Å². The minimum absolute atomic E-state index is 0.226. The van der Waals surface area contributed by atoms with E-state index in [-0.39, 0.29) is 11.6 Å². The molecule has 1 unspecified atom stereocenters. The molecule has 1 saturated carbocycles. The molecule has 82 valence electrons. The SMILES string of the molecule is C=CCN1C(=O)N=C(N)C1(C)CC1CC1. The summed E-state index contributed by atoms with van der Waals surface area (Å²) < 4.78 is 0. The average molecular weight is 207 g/mol. The third-order valence-corrected chi connectivity index (χ3v) is 3.29. The highest BCUT2D eigenvalue weighted by Crippen LogP contribution is 2.40. The lowest BCUT2D eigenvalue weighted by atomic mass is 9.92. The van der Waals surface area contributed by atoms with E-state index >= 15 is 0 Å². The first-order valence-electron chi connectivity index (χ1n) is 5.35. The maximum absolute atomic E-state index is 11.6. The highest BCUT2D eigenvalue weighted by atomic mass is 16.2. The summed E-state index contributed by atoms with van der Waals surface area (Å²) in [6.45, 7) is 6.18. The van der Waals surface area contributed by atoms with Crippen LogP contribution in [0.25, 0.3) is 0 Å². The van der Waals surface area contributed by atoms with Crippen molar-refractivity contribution >= 4 is 11.9 Å². The van der Waals surface area contributed by atoms with Gasteiger partial charge in [0.25, 0.3) is 0 Å². The third-order valence-electron chi connectivity index (χ3n) is 3.29. The van der Waals surface area contributed by atoms with Crippen molar-refractivity contribution in [1.82, 2.24) is 4.90 Å². The predicted molar refractivity (Wildman–Crippen MR) is 59.7 cm³/mol. The molecule has 0 spiro atoms. The number of hydrogen-bond acceptors (Lipinski definition) is 2. The number of carbonyl (C=O) groups is 1. The van der Waals surface area contributed by atoms with E-state index in [1.807, 2.05) is 6.92 Å². The molecule has 1 atom stereocenters. The highest BCUT2D eigenvalue weighted by Gasteiger charge is 2.46. The van der Waals surface area contributed by atoms with Crippen molar-refractivity contribution in [1.29, 1.82) is 0 Å². The van der Waals surface area contributed by atoms with Gasteiger partial charge in [-0.05, 0) is 19.3 Å². The molecule has 2 aliphatic rings. The fourth-order valence-electron chi connectivity index (χ4n) is 2.14. The Morgan fingerprint density at radius 1 is 1.73 bits per heavy atom. The van der Waals surface area contributed by atoms with Gasteiger partial charge in [0.15, 0.2) is 0 Å². The van der Waals surface area contributed by atoms with Crippen molar-refractivity contribution in [2.24, 2.45) is 16.6 Å². The quantitative estimate of drug-likeness (QED) is 0.710. The number of amides is 2. The minimum atomic E-state index is -0.383. The number of hydrogen-bond donors (Lipinski definition) is 1. The van der Waals surface area contributed by atoms with Gasteiger partial charge in [-0.25, -0.2) is 4.79 Å². The number of carbonyl (C=O) groups excluding carboxylic acids is 1. The first kappa shape index (κ1) is 10.2. The van der Waals surface area contributed by atoms with Crippen LogP contribution in [0.3, 0.4) is 0 Å². The highest BCUT2D eigenvalue weighted by molar-refractivity contribution is 6.05. The van der Waals surface area contributed by atoms with E-state index in [1.165, 1.54) is 12.8 Å². The van der Waals surface area contributed by atoms with E-state index in [0.717, 1.165) is 6.42 Å². The molecule has 2 rings (SSSR count). The molecule has 1 aliphatic carbocycles. The van der Waals surface area contributed by atoms with Crippen LogP contribution in [0.2, 0.25) is 0 Å². The van der Waals surface area contributed by atoms with Crippen molar-refractivity contribution in [3.8, 4) is 0 Å². The van der Waals surface area contributed by atoms with E-state index in [4.69, 9.17) is 5.73 Å². The number of amidine groups is 1. The van der Waals surface area contributed by atoms with Gasteiger partial charge < -0.3 is 10.6 Å². The average Bonchev–Trinajstić information content (AvgIpc) is 2.93. The Balaban J connectivity index is 2.20. The number of nitrogens with two attached hydrogens (primary N) is 1. The zero-order valence-corrected chi connectivity index (χ0v) is 9.07. The number of urea groups is 1. The smallest absolute Gasteiger partial charge is 0.346 e. The standard InChI is InChI=1S/C11H17N3O/c1-3-6-14-10(15)13-9(12)11(14,2)7-8-4-5-8/h3,8H,1,4-7H2,2H3,(H2,12,13,15). The fraction of sp³-hybridized carbons (Fsp3) is 0.636. The zero-order valence-electron chi connectivity index (χ0n) is 9.07. The molecule has 1 heterocycles. The molecule has 4 heteroatoms. The van der Waals surface area contributed by atoms with Crippen LogP contribution in [0.4, 0.5) is 4.79 Å². The second kappa shape index (κ2) is 3.36. The van der Waals surface area contributed by atoms with Crippen LogP contribution in [-0.2, 0) is 0 Å². The Labute approximate surface area is 89.8 Å². The molecule has 0 aromatic carbocycles. The van der Waals surface area contributed by atoms with E-state index in [1.54, 1.807) is 11.0 Å². The number of rotatable bonds is 4. The monoisotopic (exact) mass is 207 g/mol. The molecule has 4 nitrogen and oxygen atoms in total. The van der Waals surface area contributed by atoms with E-state index in [9.17, 15) is 4.79 Å². The molecule has 1 aliphatic heterocycles. The summed E-state index contributed by atoms with van der Waals surface area (Å²) in [5, 5.41) is 0. The summed E-state index contributed by atoms with van der Waals surface area (Å²) in [6.07, 6.45) is 5.15. The Morgan fingerprint density at radius 2 is 2.40 bits per heavy atom. The van der Waals surface area contributed by atoms with Crippen LogP contribution in [-0.4, -0.2) is 28.9 Å². The molecule has 0 saturated heterocycles. The van der Waals surface area contributed by atoms with Gasteiger partial charge in [0.1, 0.15) is 5.84 Å². The first-order chi connectivity index (χ1) is 7.08. The molecular weight excluding hydrogens is 190 g/mol. The molecule has 15 heavy (non-hydrogen) atoms. The van der Waals surface area contributed by atoms with Crippen LogP contribution >= 0.6 is 0 Å². The van der Waals surface area contributed by atoms with Crippen LogP contribution in [0, 0.1) is 5.92 Å². The topological polar surface area (TPSA) is 58.7 Å². The van der Waals surface area contributed by atoms with Gasteiger partial charge in [-0.15, -0.1) is 6.58 Å². The summed E-state index contributed by atoms with van der Waals surface area (Å²) >= 11 is 0. The van der Waals surface area contributed by atoms with Crippen molar-refractivity contribution in [2.75, 3.05) is 6.54 Å². The predicted octanol–water partition coefficient (Wildman–Crippen LogP) is 1.52. The summed E-state index contributed by atoms with van der Waals surface area (Å²) in [4.78, 5) is 17.2. The zero-order chi connectivity index (χ0) is 11.1. The van der Waals surface area contributed by atoms with E-state index in [2.05, 4.69) is 11.6 Å². The van der Waals surface area contributed by atoms with Gasteiger partial charge in [0.05, 0.1) is 5.54 Å². The summed E-state index contributed by atoms with van der Waals surface area (Å²) in [6, 6.07) is -0.226. The molecule has 2 N–H and O–H groups in total. The Hall–Kier alpha value is -1.32. The fourth-order valence-corrected chi connectivity index (χ4v) is 2.14. The van der Waals surface area contributed by atoms with Gasteiger partial charge in [0, 0.05) is 6.54 Å². The number of nitrogens with zero attached hydrogens (tertiary/aromatic N) is 2. The molecular formula is C11H17N3O. The molecule has 1 fully saturated rings. The largest absolute Gasteiger partial charge is 0.385 e. The molecule has 0 bridgehead atoms. The Bertz CT molecular complexity index is 333. The summed E-state index contributed by atoms with van der Waals surface area (Å²) in [5.74, 6) is 1.17. The van der Waals surface area contributed by atoms with E-state index < -0.39 is 0 Å². The van der Waals surface area contributed by atoms with Crippen LogP contribution in [0.1, 0.15) is 26.2 Å².